The number of thiocarbonyl (C=S) groups is 1. The third-order valence-electron chi connectivity index (χ3n) is 4.41. The van der Waals surface area contributed by atoms with Crippen molar-refractivity contribution in [2.24, 2.45) is 0 Å². The molecule has 168 valence electrons. The highest BCUT2D eigenvalue weighted by atomic mass is 32.2. The average molecular weight is 483 g/mol. The second-order valence-corrected chi connectivity index (χ2v) is 8.36. The molecule has 0 radical (unpaired) electrons. The molecule has 1 heterocycles. The van der Waals surface area contributed by atoms with E-state index in [1.807, 2.05) is 36.4 Å². The fourth-order valence-electron chi connectivity index (χ4n) is 2.75. The Morgan fingerprint density at radius 2 is 1.88 bits per heavy atom. The largest absolute Gasteiger partial charge is 0.292 e. The van der Waals surface area contributed by atoms with Crippen LogP contribution in [0.2, 0.25) is 0 Å². The molecule has 11 heteroatoms. The second-order valence-electron chi connectivity index (χ2n) is 6.69. The number of allylic oxidation sites excluding steroid dienone is 2. The highest BCUT2D eigenvalue weighted by molar-refractivity contribution is 8.26. The topological polar surface area (TPSA) is 122 Å². The molecule has 33 heavy (non-hydrogen) atoms. The molecule has 0 bridgehead atoms. The fourth-order valence-corrected chi connectivity index (χ4v) is 4.01. The van der Waals surface area contributed by atoms with E-state index in [1.165, 1.54) is 23.1 Å². The number of nitrogens with zero attached hydrogens (tertiary/aromatic N) is 2. The van der Waals surface area contributed by atoms with Crippen molar-refractivity contribution in [3.8, 4) is 0 Å². The summed E-state index contributed by atoms with van der Waals surface area (Å²) in [5, 5.41) is 10.8. The molecular formula is C22H18N4O5S2. The van der Waals surface area contributed by atoms with Crippen LogP contribution in [0.15, 0.2) is 71.7 Å². The van der Waals surface area contributed by atoms with Gasteiger partial charge in [-0.25, -0.2) is 0 Å². The Labute approximate surface area is 198 Å². The van der Waals surface area contributed by atoms with E-state index < -0.39 is 16.7 Å². The van der Waals surface area contributed by atoms with Gasteiger partial charge in [-0.2, -0.15) is 0 Å². The number of nitro groups is 1. The van der Waals surface area contributed by atoms with Crippen molar-refractivity contribution in [2.45, 2.75) is 6.42 Å². The first-order valence-corrected chi connectivity index (χ1v) is 10.9. The Balaban J connectivity index is 1.49. The van der Waals surface area contributed by atoms with Crippen LogP contribution < -0.4 is 10.9 Å². The zero-order valence-corrected chi connectivity index (χ0v) is 18.7. The van der Waals surface area contributed by atoms with Crippen molar-refractivity contribution in [1.29, 1.82) is 0 Å². The smallest absolute Gasteiger partial charge is 0.270 e. The van der Waals surface area contributed by atoms with Gasteiger partial charge in [-0.1, -0.05) is 72.5 Å². The van der Waals surface area contributed by atoms with Gasteiger partial charge in [0.15, 0.2) is 0 Å². The molecule has 3 amide bonds. The van der Waals surface area contributed by atoms with E-state index >= 15 is 0 Å². The number of carbonyl (C=O) groups is 3. The van der Waals surface area contributed by atoms with Crippen LogP contribution in [0.25, 0.3) is 6.08 Å². The molecule has 0 aliphatic carbocycles. The summed E-state index contributed by atoms with van der Waals surface area (Å²) in [6, 6.07) is 14.7. The highest BCUT2D eigenvalue weighted by Crippen LogP contribution is 2.31. The quantitative estimate of drug-likeness (QED) is 0.269. The van der Waals surface area contributed by atoms with Gasteiger partial charge in [0.05, 0.1) is 9.83 Å². The number of hydrogen-bond donors (Lipinski definition) is 2. The average Bonchev–Trinajstić information content (AvgIpc) is 3.09. The summed E-state index contributed by atoms with van der Waals surface area (Å²) in [6.45, 7) is 0.0446. The number of non-ortho nitro benzene ring substituents is 1. The number of nitrogens with one attached hydrogen (secondary N) is 2. The molecular weight excluding hydrogens is 464 g/mol. The van der Waals surface area contributed by atoms with Gasteiger partial charge < -0.3 is 0 Å². The van der Waals surface area contributed by atoms with Gasteiger partial charge in [-0.15, -0.1) is 0 Å². The summed E-state index contributed by atoms with van der Waals surface area (Å²) in [4.78, 5) is 48.7. The minimum Gasteiger partial charge on any atom is -0.292 e. The number of hydrazine groups is 1. The molecule has 9 nitrogen and oxygen atoms in total. The molecule has 0 unspecified atom stereocenters. The van der Waals surface area contributed by atoms with Crippen molar-refractivity contribution >= 4 is 57.8 Å². The standard InChI is InChI=1S/C22H18N4O5S2/c27-19(23-24-20(28)16-9-5-10-17(14-16)26(30)31)12-13-25-21(29)18(33-22(25)32)11-4-8-15-6-2-1-3-7-15/h1-11,14H,12-13H2,(H,23,27)(H,24,28)/b8-4+,18-11-. The number of amides is 3. The lowest BCUT2D eigenvalue weighted by atomic mass is 10.2. The van der Waals surface area contributed by atoms with Crippen LogP contribution in [-0.4, -0.2) is 38.4 Å². The van der Waals surface area contributed by atoms with Gasteiger partial charge in [-0.05, 0) is 17.7 Å². The Kier molecular flexibility index (Phi) is 8.06. The van der Waals surface area contributed by atoms with Crippen LogP contribution in [0.3, 0.4) is 0 Å². The minimum atomic E-state index is -0.703. The first-order chi connectivity index (χ1) is 15.8. The third kappa shape index (κ3) is 6.57. The van der Waals surface area contributed by atoms with Crippen molar-refractivity contribution in [1.82, 2.24) is 15.8 Å². The predicted molar refractivity (Wildman–Crippen MR) is 129 cm³/mol. The van der Waals surface area contributed by atoms with Crippen molar-refractivity contribution in [2.75, 3.05) is 6.54 Å². The Morgan fingerprint density at radius 3 is 2.61 bits per heavy atom. The summed E-state index contributed by atoms with van der Waals surface area (Å²) in [5.74, 6) is -1.54. The number of nitro benzene ring substituents is 1. The van der Waals surface area contributed by atoms with E-state index in [9.17, 15) is 24.5 Å². The summed E-state index contributed by atoms with van der Waals surface area (Å²) in [6.07, 6.45) is 5.20. The molecule has 1 fully saturated rings. The van der Waals surface area contributed by atoms with E-state index in [4.69, 9.17) is 12.2 Å². The van der Waals surface area contributed by atoms with E-state index in [2.05, 4.69) is 10.9 Å². The molecule has 0 atom stereocenters. The number of carbonyl (C=O) groups excluding carboxylic acids is 3. The van der Waals surface area contributed by atoms with E-state index in [1.54, 1.807) is 12.2 Å². The molecule has 2 aromatic rings. The van der Waals surface area contributed by atoms with Gasteiger partial charge in [0.2, 0.25) is 5.91 Å². The normalized spacial score (nSPS) is 14.7. The van der Waals surface area contributed by atoms with Crippen LogP contribution in [0.5, 0.6) is 0 Å². The lowest BCUT2D eigenvalue weighted by Crippen LogP contribution is -2.43. The SMILES string of the molecule is O=C(CCN1C(=O)/C(=C/C=C/c2ccccc2)SC1=S)NNC(=O)c1cccc([N+](=O)[O-])c1. The lowest BCUT2D eigenvalue weighted by molar-refractivity contribution is -0.384. The highest BCUT2D eigenvalue weighted by Gasteiger charge is 2.31. The van der Waals surface area contributed by atoms with Crippen LogP contribution in [0, 0.1) is 10.1 Å². The summed E-state index contributed by atoms with van der Waals surface area (Å²) >= 11 is 6.39. The number of hydrogen-bond acceptors (Lipinski definition) is 7. The predicted octanol–water partition coefficient (Wildman–Crippen LogP) is 3.20. The van der Waals surface area contributed by atoms with Gasteiger partial charge in [0.25, 0.3) is 17.5 Å². The van der Waals surface area contributed by atoms with Gasteiger partial charge in [-0.3, -0.25) is 40.2 Å². The maximum atomic E-state index is 12.6. The molecule has 0 saturated carbocycles. The zero-order chi connectivity index (χ0) is 23.8. The van der Waals surface area contributed by atoms with Crippen LogP contribution >= 0.6 is 24.0 Å². The zero-order valence-electron chi connectivity index (χ0n) is 17.1. The molecule has 2 N–H and O–H groups in total. The van der Waals surface area contributed by atoms with Gasteiger partial charge >= 0.3 is 0 Å². The van der Waals surface area contributed by atoms with Gasteiger partial charge in [0.1, 0.15) is 4.32 Å². The molecule has 3 rings (SSSR count). The minimum absolute atomic E-state index is 0.0233. The molecule has 2 aromatic carbocycles. The summed E-state index contributed by atoms with van der Waals surface area (Å²) in [5.41, 5.74) is 5.19. The van der Waals surface area contributed by atoms with Crippen molar-refractivity contribution in [3.63, 3.8) is 0 Å². The van der Waals surface area contributed by atoms with E-state index in [0.717, 1.165) is 23.4 Å². The molecule has 0 aromatic heterocycles. The van der Waals surface area contributed by atoms with E-state index in [-0.39, 0.29) is 30.1 Å². The molecule has 1 saturated heterocycles. The Morgan fingerprint density at radius 1 is 1.12 bits per heavy atom. The second kappa shape index (κ2) is 11.2. The first-order valence-electron chi connectivity index (χ1n) is 9.66. The number of rotatable bonds is 7. The van der Waals surface area contributed by atoms with Gasteiger partial charge in [0, 0.05) is 30.7 Å². The molecule has 1 aliphatic heterocycles. The monoisotopic (exact) mass is 482 g/mol. The summed E-state index contributed by atoms with van der Waals surface area (Å²) in [7, 11) is 0. The number of benzene rings is 2. The maximum absolute atomic E-state index is 12.6. The van der Waals surface area contributed by atoms with Crippen LogP contribution in [0.1, 0.15) is 22.3 Å². The summed E-state index contributed by atoms with van der Waals surface area (Å²) < 4.78 is 0.341. The van der Waals surface area contributed by atoms with Crippen LogP contribution in [0.4, 0.5) is 5.69 Å². The number of thioether (sulfide) groups is 1. The third-order valence-corrected chi connectivity index (χ3v) is 5.80. The molecule has 0 spiro atoms. The Bertz CT molecular complexity index is 1160. The van der Waals surface area contributed by atoms with Crippen molar-refractivity contribution in [3.05, 3.63) is 92.9 Å². The molecule has 1 aliphatic rings. The fraction of sp³-hybridized carbons (Fsp3) is 0.0909. The van der Waals surface area contributed by atoms with E-state index in [0.29, 0.717) is 9.23 Å². The lowest BCUT2D eigenvalue weighted by Gasteiger charge is -2.14. The maximum Gasteiger partial charge on any atom is 0.270 e. The Hall–Kier alpha value is -3.83. The first kappa shape index (κ1) is 23.8. The van der Waals surface area contributed by atoms with Crippen molar-refractivity contribution < 1.29 is 19.3 Å². The van der Waals surface area contributed by atoms with Crippen LogP contribution in [-0.2, 0) is 9.59 Å².